The van der Waals surface area contributed by atoms with E-state index in [9.17, 15) is 13.2 Å². The van der Waals surface area contributed by atoms with Crippen molar-refractivity contribution in [1.82, 2.24) is 4.31 Å². The minimum atomic E-state index is -3.22. The molecule has 1 heterocycles. The van der Waals surface area contributed by atoms with Crippen LogP contribution in [0.25, 0.3) is 0 Å². The number of aryl methyl sites for hydroxylation is 2. The molecule has 1 saturated heterocycles. The summed E-state index contributed by atoms with van der Waals surface area (Å²) < 4.78 is 25.4. The Morgan fingerprint density at radius 2 is 2.05 bits per heavy atom. The van der Waals surface area contributed by atoms with E-state index < -0.39 is 10.0 Å². The fourth-order valence-electron chi connectivity index (χ4n) is 2.66. The first kappa shape index (κ1) is 17.0. The Balaban J connectivity index is 2.04. The second kappa shape index (κ2) is 6.79. The van der Waals surface area contributed by atoms with Crippen molar-refractivity contribution in [1.29, 1.82) is 0 Å². The number of carbonyl (C=O) groups is 1. The molecule has 22 heavy (non-hydrogen) atoms. The molecule has 1 atom stereocenters. The van der Waals surface area contributed by atoms with Gasteiger partial charge in [0.15, 0.2) is 0 Å². The van der Waals surface area contributed by atoms with Gasteiger partial charge in [0.1, 0.15) is 0 Å². The molecule has 1 aliphatic rings. The van der Waals surface area contributed by atoms with Gasteiger partial charge in [-0.1, -0.05) is 6.07 Å². The van der Waals surface area contributed by atoms with Crippen LogP contribution in [0.1, 0.15) is 30.9 Å². The number of carbonyl (C=O) groups excluding carboxylic acids is 1. The number of hydrogen-bond donors (Lipinski definition) is 1. The molecule has 2 rings (SSSR count). The summed E-state index contributed by atoms with van der Waals surface area (Å²) in [6.07, 6.45) is 1.46. The van der Waals surface area contributed by atoms with Gasteiger partial charge in [0.05, 0.1) is 11.7 Å². The summed E-state index contributed by atoms with van der Waals surface area (Å²) in [5.74, 6) is -0.297. The minimum Gasteiger partial charge on any atom is -0.326 e. The van der Waals surface area contributed by atoms with Crippen molar-refractivity contribution in [3.05, 3.63) is 29.3 Å². The molecule has 5 nitrogen and oxygen atoms in total. The van der Waals surface area contributed by atoms with E-state index in [0.29, 0.717) is 6.54 Å². The Kier molecular flexibility index (Phi) is 5.24. The van der Waals surface area contributed by atoms with Crippen LogP contribution in [0, 0.1) is 19.8 Å². The van der Waals surface area contributed by atoms with Crippen molar-refractivity contribution in [2.45, 2.75) is 33.6 Å². The van der Waals surface area contributed by atoms with E-state index in [0.717, 1.165) is 24.1 Å². The summed E-state index contributed by atoms with van der Waals surface area (Å²) in [6, 6.07) is 5.79. The number of amides is 1. The maximum atomic E-state index is 12.4. The fraction of sp³-hybridized carbons (Fsp3) is 0.562. The van der Waals surface area contributed by atoms with Crippen LogP contribution in [0.15, 0.2) is 18.2 Å². The molecule has 0 saturated carbocycles. The number of benzene rings is 1. The zero-order chi connectivity index (χ0) is 16.3. The van der Waals surface area contributed by atoms with Gasteiger partial charge in [-0.3, -0.25) is 4.79 Å². The summed E-state index contributed by atoms with van der Waals surface area (Å²) >= 11 is 0. The third-order valence-electron chi connectivity index (χ3n) is 4.29. The zero-order valence-electron chi connectivity index (χ0n) is 13.4. The highest BCUT2D eigenvalue weighted by Gasteiger charge is 2.31. The first-order chi connectivity index (χ1) is 10.3. The van der Waals surface area contributed by atoms with E-state index in [1.165, 1.54) is 9.87 Å². The zero-order valence-corrected chi connectivity index (χ0v) is 14.2. The number of hydrogen-bond acceptors (Lipinski definition) is 3. The monoisotopic (exact) mass is 324 g/mol. The highest BCUT2D eigenvalue weighted by molar-refractivity contribution is 7.89. The lowest BCUT2D eigenvalue weighted by molar-refractivity contribution is -0.120. The Hall–Kier alpha value is -1.40. The van der Waals surface area contributed by atoms with Crippen LogP contribution in [0.5, 0.6) is 0 Å². The van der Waals surface area contributed by atoms with Gasteiger partial charge in [0.25, 0.3) is 0 Å². The van der Waals surface area contributed by atoms with Crippen LogP contribution in [0.2, 0.25) is 0 Å². The molecule has 1 aliphatic heterocycles. The van der Waals surface area contributed by atoms with Crippen LogP contribution in [-0.4, -0.2) is 37.5 Å². The number of anilines is 1. The van der Waals surface area contributed by atoms with Crippen LogP contribution < -0.4 is 5.32 Å². The standard InChI is InChI=1S/C16H24N2O3S/c1-4-22(20,21)18-9-5-6-14(11-18)16(19)17-15-8-7-12(2)13(3)10-15/h7-8,10,14H,4-6,9,11H2,1-3H3,(H,17,19). The van der Waals surface area contributed by atoms with E-state index in [1.54, 1.807) is 6.92 Å². The quantitative estimate of drug-likeness (QED) is 0.924. The summed E-state index contributed by atoms with van der Waals surface area (Å²) in [6.45, 7) is 6.46. The summed E-state index contributed by atoms with van der Waals surface area (Å²) in [5.41, 5.74) is 3.07. The maximum absolute atomic E-state index is 12.4. The van der Waals surface area contributed by atoms with Gasteiger partial charge in [-0.15, -0.1) is 0 Å². The number of rotatable bonds is 4. The van der Waals surface area contributed by atoms with Crippen LogP contribution in [-0.2, 0) is 14.8 Å². The second-order valence-electron chi connectivity index (χ2n) is 5.89. The smallest absolute Gasteiger partial charge is 0.228 e. The van der Waals surface area contributed by atoms with E-state index in [1.807, 2.05) is 32.0 Å². The fourth-order valence-corrected chi connectivity index (χ4v) is 3.83. The van der Waals surface area contributed by atoms with Crippen LogP contribution in [0.3, 0.4) is 0 Å². The molecule has 1 fully saturated rings. The maximum Gasteiger partial charge on any atom is 0.228 e. The molecule has 0 radical (unpaired) electrons. The average molecular weight is 324 g/mol. The average Bonchev–Trinajstić information content (AvgIpc) is 2.51. The van der Waals surface area contributed by atoms with Crippen molar-refractivity contribution < 1.29 is 13.2 Å². The predicted octanol–water partition coefficient (Wildman–Crippen LogP) is 2.30. The highest BCUT2D eigenvalue weighted by atomic mass is 32.2. The van der Waals surface area contributed by atoms with Gasteiger partial charge in [0.2, 0.25) is 15.9 Å². The molecule has 1 aromatic carbocycles. The molecular weight excluding hydrogens is 300 g/mol. The predicted molar refractivity (Wildman–Crippen MR) is 88.3 cm³/mol. The number of piperidine rings is 1. The molecule has 0 aliphatic carbocycles. The van der Waals surface area contributed by atoms with E-state index in [-0.39, 0.29) is 24.1 Å². The van der Waals surface area contributed by atoms with Crippen molar-refractivity contribution in [2.24, 2.45) is 5.92 Å². The Morgan fingerprint density at radius 3 is 2.68 bits per heavy atom. The molecule has 0 spiro atoms. The summed E-state index contributed by atoms with van der Waals surface area (Å²) in [7, 11) is -3.22. The Bertz CT molecular complexity index is 655. The van der Waals surface area contributed by atoms with E-state index in [4.69, 9.17) is 0 Å². The molecule has 1 unspecified atom stereocenters. The minimum absolute atomic E-state index is 0.0818. The lowest BCUT2D eigenvalue weighted by Crippen LogP contribution is -2.44. The molecule has 6 heteroatoms. The topological polar surface area (TPSA) is 66.5 Å². The third kappa shape index (κ3) is 3.87. The normalized spacial score (nSPS) is 19.9. The van der Waals surface area contributed by atoms with Gasteiger partial charge in [-0.05, 0) is 56.9 Å². The molecule has 0 bridgehead atoms. The van der Waals surface area contributed by atoms with Gasteiger partial charge in [-0.25, -0.2) is 12.7 Å². The molecule has 0 aromatic heterocycles. The largest absolute Gasteiger partial charge is 0.326 e. The lowest BCUT2D eigenvalue weighted by atomic mass is 9.98. The summed E-state index contributed by atoms with van der Waals surface area (Å²) in [4.78, 5) is 12.4. The van der Waals surface area contributed by atoms with Gasteiger partial charge >= 0.3 is 0 Å². The van der Waals surface area contributed by atoms with Gasteiger partial charge in [0, 0.05) is 18.8 Å². The Labute approximate surface area is 132 Å². The third-order valence-corrected chi connectivity index (χ3v) is 6.14. The second-order valence-corrected chi connectivity index (χ2v) is 8.14. The van der Waals surface area contributed by atoms with E-state index >= 15 is 0 Å². The van der Waals surface area contributed by atoms with Crippen molar-refractivity contribution in [3.8, 4) is 0 Å². The first-order valence-corrected chi connectivity index (χ1v) is 9.30. The lowest BCUT2D eigenvalue weighted by Gasteiger charge is -2.30. The molecular formula is C16H24N2O3S. The van der Waals surface area contributed by atoms with Crippen molar-refractivity contribution in [3.63, 3.8) is 0 Å². The molecule has 1 aromatic rings. The number of nitrogens with zero attached hydrogens (tertiary/aromatic N) is 1. The highest BCUT2D eigenvalue weighted by Crippen LogP contribution is 2.22. The number of nitrogens with one attached hydrogen (secondary N) is 1. The van der Waals surface area contributed by atoms with Crippen molar-refractivity contribution >= 4 is 21.6 Å². The van der Waals surface area contributed by atoms with Crippen LogP contribution >= 0.6 is 0 Å². The van der Waals surface area contributed by atoms with E-state index in [2.05, 4.69) is 5.32 Å². The molecule has 1 N–H and O–H groups in total. The SMILES string of the molecule is CCS(=O)(=O)N1CCCC(C(=O)Nc2ccc(C)c(C)c2)C1. The molecule has 122 valence electrons. The molecule has 1 amide bonds. The first-order valence-electron chi connectivity index (χ1n) is 7.69. The number of sulfonamides is 1. The van der Waals surface area contributed by atoms with Gasteiger partial charge < -0.3 is 5.32 Å². The van der Waals surface area contributed by atoms with Crippen molar-refractivity contribution in [2.75, 3.05) is 24.2 Å². The van der Waals surface area contributed by atoms with Crippen LogP contribution in [0.4, 0.5) is 5.69 Å². The Morgan fingerprint density at radius 1 is 1.32 bits per heavy atom. The van der Waals surface area contributed by atoms with Gasteiger partial charge in [-0.2, -0.15) is 0 Å². The summed E-state index contributed by atoms with van der Waals surface area (Å²) in [5, 5.41) is 2.91.